The second-order valence-corrected chi connectivity index (χ2v) is 4.95. The Labute approximate surface area is 110 Å². The number of rotatable bonds is 2. The van der Waals surface area contributed by atoms with Crippen LogP contribution in [0.4, 0.5) is 0 Å². The van der Waals surface area contributed by atoms with Gasteiger partial charge in [0.25, 0.3) is 5.91 Å². The lowest BCUT2D eigenvalue weighted by molar-refractivity contribution is 0.0697. The first-order chi connectivity index (χ1) is 8.74. The smallest absolute Gasteiger partial charge is 0.257 e. The number of nitriles is 1. The van der Waals surface area contributed by atoms with Crippen LogP contribution in [0.15, 0.2) is 17.6 Å². The molecule has 1 aliphatic heterocycles. The largest absolute Gasteiger partial charge is 0.337 e. The summed E-state index contributed by atoms with van der Waals surface area (Å²) in [4.78, 5) is 22.1. The third kappa shape index (κ3) is 2.79. The number of nitrogens with zero attached hydrogens (tertiary/aromatic N) is 4. The molecule has 0 aromatic carbocycles. The number of hydrogen-bond donors (Lipinski definition) is 0. The van der Waals surface area contributed by atoms with Crippen molar-refractivity contribution in [2.75, 3.05) is 19.3 Å². The topological polar surface area (TPSA) is 69.9 Å². The van der Waals surface area contributed by atoms with Crippen LogP contribution < -0.4 is 0 Å². The first-order valence-electron chi connectivity index (χ1n) is 5.79. The van der Waals surface area contributed by atoms with Gasteiger partial charge in [0.2, 0.25) is 0 Å². The van der Waals surface area contributed by atoms with E-state index in [9.17, 15) is 4.79 Å². The number of thioether (sulfide) groups is 1. The van der Waals surface area contributed by atoms with Crippen molar-refractivity contribution in [3.8, 4) is 6.07 Å². The van der Waals surface area contributed by atoms with Gasteiger partial charge < -0.3 is 4.90 Å². The molecule has 1 aromatic heterocycles. The summed E-state index contributed by atoms with van der Waals surface area (Å²) in [5.74, 6) is -0.128. The Morgan fingerprint density at radius 2 is 2.28 bits per heavy atom. The van der Waals surface area contributed by atoms with Crippen molar-refractivity contribution in [2.45, 2.75) is 18.0 Å². The van der Waals surface area contributed by atoms with Gasteiger partial charge in [0.05, 0.1) is 17.6 Å². The minimum atomic E-state index is -0.0809. The molecular weight excluding hydrogens is 248 g/mol. The van der Waals surface area contributed by atoms with E-state index in [0.717, 1.165) is 12.8 Å². The molecule has 1 saturated heterocycles. The number of carbonyl (C=O) groups is 1. The molecule has 6 heteroatoms. The molecule has 18 heavy (non-hydrogen) atoms. The zero-order chi connectivity index (χ0) is 13.0. The molecule has 1 unspecified atom stereocenters. The summed E-state index contributed by atoms with van der Waals surface area (Å²) in [6, 6.07) is 2.23. The number of likely N-dealkylation sites (tertiary alicyclic amines) is 1. The fraction of sp³-hybridized carbons (Fsp3) is 0.500. The molecule has 1 atom stereocenters. The molecule has 0 radical (unpaired) electrons. The van der Waals surface area contributed by atoms with Crippen molar-refractivity contribution in [1.29, 1.82) is 5.26 Å². The maximum Gasteiger partial charge on any atom is 0.257 e. The lowest BCUT2D eigenvalue weighted by Crippen LogP contribution is -2.39. The standard InChI is InChI=1S/C12H14N4OS/c1-18-12-14-6-10(7-15-12)11(17)16-4-2-3-9(5-13)8-16/h6-7,9H,2-4,8H2,1H3. The number of aromatic nitrogens is 2. The summed E-state index contributed by atoms with van der Waals surface area (Å²) < 4.78 is 0. The fourth-order valence-corrected chi connectivity index (χ4v) is 2.30. The second-order valence-electron chi connectivity index (χ2n) is 4.18. The lowest BCUT2D eigenvalue weighted by atomic mass is 9.99. The average molecular weight is 262 g/mol. The molecule has 2 rings (SSSR count). The van der Waals surface area contributed by atoms with Gasteiger partial charge in [0, 0.05) is 25.5 Å². The Morgan fingerprint density at radius 3 is 2.89 bits per heavy atom. The first kappa shape index (κ1) is 12.8. The van der Waals surface area contributed by atoms with E-state index in [1.165, 1.54) is 11.8 Å². The molecule has 0 saturated carbocycles. The maximum atomic E-state index is 12.2. The highest BCUT2D eigenvalue weighted by Gasteiger charge is 2.24. The van der Waals surface area contributed by atoms with Crippen molar-refractivity contribution in [3.63, 3.8) is 0 Å². The molecule has 0 bridgehead atoms. The Kier molecular flexibility index (Phi) is 4.15. The van der Waals surface area contributed by atoms with Gasteiger partial charge in [-0.2, -0.15) is 5.26 Å². The Balaban J connectivity index is 2.08. The zero-order valence-electron chi connectivity index (χ0n) is 10.2. The highest BCUT2D eigenvalue weighted by Crippen LogP contribution is 2.18. The van der Waals surface area contributed by atoms with E-state index in [1.807, 2.05) is 6.26 Å². The van der Waals surface area contributed by atoms with E-state index in [-0.39, 0.29) is 11.8 Å². The molecule has 1 amide bonds. The molecule has 1 aromatic rings. The van der Waals surface area contributed by atoms with Gasteiger partial charge in [-0.05, 0) is 19.1 Å². The zero-order valence-corrected chi connectivity index (χ0v) is 11.0. The highest BCUT2D eigenvalue weighted by molar-refractivity contribution is 7.98. The summed E-state index contributed by atoms with van der Waals surface area (Å²) in [7, 11) is 0. The molecule has 1 fully saturated rings. The minimum Gasteiger partial charge on any atom is -0.337 e. The Bertz CT molecular complexity index is 468. The molecule has 0 aliphatic carbocycles. The van der Waals surface area contributed by atoms with Crippen LogP contribution in [0.2, 0.25) is 0 Å². The van der Waals surface area contributed by atoms with Crippen molar-refractivity contribution in [1.82, 2.24) is 14.9 Å². The van der Waals surface area contributed by atoms with E-state index in [4.69, 9.17) is 5.26 Å². The monoisotopic (exact) mass is 262 g/mol. The Hall–Kier alpha value is -1.61. The van der Waals surface area contributed by atoms with Crippen LogP contribution in [0.1, 0.15) is 23.2 Å². The fourth-order valence-electron chi connectivity index (χ4n) is 1.98. The summed E-state index contributed by atoms with van der Waals surface area (Å²) in [5, 5.41) is 9.57. The molecule has 0 spiro atoms. The van der Waals surface area contributed by atoms with Crippen molar-refractivity contribution >= 4 is 17.7 Å². The summed E-state index contributed by atoms with van der Waals surface area (Å²) in [6.45, 7) is 1.22. The van der Waals surface area contributed by atoms with Crippen LogP contribution in [-0.2, 0) is 0 Å². The number of hydrogen-bond acceptors (Lipinski definition) is 5. The summed E-state index contributed by atoms with van der Waals surface area (Å²) in [5.41, 5.74) is 0.492. The van der Waals surface area contributed by atoms with Crippen molar-refractivity contribution in [2.24, 2.45) is 5.92 Å². The van der Waals surface area contributed by atoms with Crippen LogP contribution >= 0.6 is 11.8 Å². The quantitative estimate of drug-likeness (QED) is 0.597. The van der Waals surface area contributed by atoms with Crippen molar-refractivity contribution in [3.05, 3.63) is 18.0 Å². The van der Waals surface area contributed by atoms with Gasteiger partial charge in [0.1, 0.15) is 0 Å². The number of piperidine rings is 1. The maximum absolute atomic E-state index is 12.2. The van der Waals surface area contributed by atoms with Crippen LogP contribution in [0.25, 0.3) is 0 Å². The Morgan fingerprint density at radius 1 is 1.56 bits per heavy atom. The highest BCUT2D eigenvalue weighted by atomic mass is 32.2. The van der Waals surface area contributed by atoms with Gasteiger partial charge in [0.15, 0.2) is 5.16 Å². The van der Waals surface area contributed by atoms with E-state index in [2.05, 4.69) is 16.0 Å². The molecule has 0 N–H and O–H groups in total. The van der Waals surface area contributed by atoms with E-state index < -0.39 is 0 Å². The van der Waals surface area contributed by atoms with Gasteiger partial charge in [-0.3, -0.25) is 4.79 Å². The van der Waals surface area contributed by atoms with Gasteiger partial charge in [-0.1, -0.05) is 11.8 Å². The second kappa shape index (κ2) is 5.83. The van der Waals surface area contributed by atoms with Crippen LogP contribution in [0, 0.1) is 17.2 Å². The third-order valence-electron chi connectivity index (χ3n) is 2.95. The van der Waals surface area contributed by atoms with E-state index in [1.54, 1.807) is 17.3 Å². The summed E-state index contributed by atoms with van der Waals surface area (Å²) in [6.07, 6.45) is 6.75. The minimum absolute atomic E-state index is 0.0471. The first-order valence-corrected chi connectivity index (χ1v) is 7.02. The predicted molar refractivity (Wildman–Crippen MR) is 68.1 cm³/mol. The third-order valence-corrected chi connectivity index (χ3v) is 3.52. The van der Waals surface area contributed by atoms with Crippen molar-refractivity contribution < 1.29 is 4.79 Å². The summed E-state index contributed by atoms with van der Waals surface area (Å²) >= 11 is 1.44. The molecular formula is C12H14N4OS. The molecule has 1 aliphatic rings. The van der Waals surface area contributed by atoms with Gasteiger partial charge in [-0.15, -0.1) is 0 Å². The van der Waals surface area contributed by atoms with Crippen LogP contribution in [0.3, 0.4) is 0 Å². The molecule has 2 heterocycles. The number of carbonyl (C=O) groups excluding carboxylic acids is 1. The van der Waals surface area contributed by atoms with E-state index >= 15 is 0 Å². The normalized spacial score (nSPS) is 19.3. The van der Waals surface area contributed by atoms with Crippen LogP contribution in [0.5, 0.6) is 0 Å². The van der Waals surface area contributed by atoms with Gasteiger partial charge >= 0.3 is 0 Å². The molecule has 94 valence electrons. The molecule has 5 nitrogen and oxygen atoms in total. The number of amides is 1. The van der Waals surface area contributed by atoms with Crippen LogP contribution in [-0.4, -0.2) is 40.1 Å². The average Bonchev–Trinajstić information content (AvgIpc) is 2.46. The predicted octanol–water partition coefficient (Wildman–Crippen LogP) is 1.57. The SMILES string of the molecule is CSc1ncc(C(=O)N2CCCC(C#N)C2)cn1. The lowest BCUT2D eigenvalue weighted by Gasteiger charge is -2.29. The van der Waals surface area contributed by atoms with E-state index in [0.29, 0.717) is 23.8 Å². The van der Waals surface area contributed by atoms with Gasteiger partial charge in [-0.25, -0.2) is 9.97 Å².